The highest BCUT2D eigenvalue weighted by molar-refractivity contribution is 6.06. The first-order valence-electron chi connectivity index (χ1n) is 5.30. The summed E-state index contributed by atoms with van der Waals surface area (Å²) in [6, 6.07) is 15.0. The molecule has 0 radical (unpaired) electrons. The van der Waals surface area contributed by atoms with Gasteiger partial charge in [0.1, 0.15) is 5.75 Å². The molecular weight excluding hydrogens is 228 g/mol. The molecular formula is C14H10N2O2. The minimum Gasteiger partial charge on any atom is -0.507 e. The van der Waals surface area contributed by atoms with Crippen molar-refractivity contribution >= 4 is 11.6 Å². The molecule has 0 saturated heterocycles. The van der Waals surface area contributed by atoms with E-state index in [1.54, 1.807) is 24.3 Å². The lowest BCUT2D eigenvalue weighted by Gasteiger charge is -2.06. The number of hydrogen-bond donors (Lipinski definition) is 2. The van der Waals surface area contributed by atoms with E-state index < -0.39 is 5.91 Å². The van der Waals surface area contributed by atoms with Gasteiger partial charge in [0.2, 0.25) is 0 Å². The monoisotopic (exact) mass is 238 g/mol. The molecule has 0 aliphatic heterocycles. The fourth-order valence-electron chi connectivity index (χ4n) is 1.51. The molecule has 2 N–H and O–H groups in total. The summed E-state index contributed by atoms with van der Waals surface area (Å²) in [5.74, 6) is -0.620. The normalized spacial score (nSPS) is 9.50. The van der Waals surface area contributed by atoms with Gasteiger partial charge in [-0.3, -0.25) is 4.79 Å². The van der Waals surface area contributed by atoms with Crippen LogP contribution in [-0.4, -0.2) is 11.0 Å². The molecule has 0 unspecified atom stereocenters. The fourth-order valence-corrected chi connectivity index (χ4v) is 1.51. The molecule has 2 aromatic rings. The predicted molar refractivity (Wildman–Crippen MR) is 67.2 cm³/mol. The Labute approximate surface area is 104 Å². The topological polar surface area (TPSA) is 73.1 Å². The van der Waals surface area contributed by atoms with Crippen LogP contribution in [0.25, 0.3) is 0 Å². The van der Waals surface area contributed by atoms with Crippen LogP contribution in [0, 0.1) is 11.3 Å². The summed E-state index contributed by atoms with van der Waals surface area (Å²) in [6.07, 6.45) is 0. The van der Waals surface area contributed by atoms with Gasteiger partial charge in [-0.2, -0.15) is 5.26 Å². The largest absolute Gasteiger partial charge is 0.507 e. The fraction of sp³-hybridized carbons (Fsp3) is 0. The number of nitrogens with zero attached hydrogens (tertiary/aromatic N) is 1. The van der Waals surface area contributed by atoms with Crippen molar-refractivity contribution < 1.29 is 9.90 Å². The number of carbonyl (C=O) groups is 1. The molecule has 88 valence electrons. The summed E-state index contributed by atoms with van der Waals surface area (Å²) in [7, 11) is 0. The number of amides is 1. The van der Waals surface area contributed by atoms with Crippen LogP contribution < -0.4 is 5.32 Å². The van der Waals surface area contributed by atoms with Crippen molar-refractivity contribution in [2.24, 2.45) is 0 Å². The molecule has 0 bridgehead atoms. The second-order valence-corrected chi connectivity index (χ2v) is 3.66. The van der Waals surface area contributed by atoms with Crippen LogP contribution in [0.15, 0.2) is 48.5 Å². The Bertz CT molecular complexity index is 615. The van der Waals surface area contributed by atoms with E-state index in [0.717, 1.165) is 0 Å². The number of nitriles is 1. The van der Waals surface area contributed by atoms with Crippen LogP contribution in [-0.2, 0) is 0 Å². The van der Waals surface area contributed by atoms with Gasteiger partial charge < -0.3 is 10.4 Å². The first kappa shape index (κ1) is 11.7. The first-order valence-corrected chi connectivity index (χ1v) is 5.30. The number of para-hydroxylation sites is 1. The molecule has 0 saturated carbocycles. The third-order valence-electron chi connectivity index (χ3n) is 2.40. The van der Waals surface area contributed by atoms with Gasteiger partial charge in [-0.25, -0.2) is 0 Å². The maximum absolute atomic E-state index is 11.9. The summed E-state index contributed by atoms with van der Waals surface area (Å²) in [5, 5.41) is 21.0. The van der Waals surface area contributed by atoms with Crippen molar-refractivity contribution in [1.82, 2.24) is 0 Å². The van der Waals surface area contributed by atoms with Crippen molar-refractivity contribution in [3.63, 3.8) is 0 Å². The molecule has 4 nitrogen and oxygen atoms in total. The molecule has 0 atom stereocenters. The van der Waals surface area contributed by atoms with Crippen LogP contribution in [0.3, 0.4) is 0 Å². The summed E-state index contributed by atoms with van der Waals surface area (Å²) in [5.41, 5.74) is 1.09. The van der Waals surface area contributed by atoms with Crippen LogP contribution in [0.2, 0.25) is 0 Å². The third kappa shape index (κ3) is 2.47. The highest BCUT2D eigenvalue weighted by atomic mass is 16.3. The Morgan fingerprint density at radius 3 is 2.50 bits per heavy atom. The van der Waals surface area contributed by atoms with E-state index in [4.69, 9.17) is 5.26 Å². The number of hydrogen-bond acceptors (Lipinski definition) is 3. The number of aromatic hydroxyl groups is 1. The average molecular weight is 238 g/mol. The molecule has 0 aromatic heterocycles. The lowest BCUT2D eigenvalue weighted by atomic mass is 10.1. The van der Waals surface area contributed by atoms with Gasteiger partial charge in [0, 0.05) is 5.69 Å². The Hall–Kier alpha value is -2.80. The summed E-state index contributed by atoms with van der Waals surface area (Å²) >= 11 is 0. The van der Waals surface area contributed by atoms with Crippen LogP contribution in [0.5, 0.6) is 5.75 Å². The zero-order chi connectivity index (χ0) is 13.0. The third-order valence-corrected chi connectivity index (χ3v) is 2.40. The van der Waals surface area contributed by atoms with Gasteiger partial charge in [-0.05, 0) is 30.3 Å². The maximum atomic E-state index is 11.9. The maximum Gasteiger partial charge on any atom is 0.259 e. The van der Waals surface area contributed by atoms with Gasteiger partial charge in [0.15, 0.2) is 0 Å². The summed E-state index contributed by atoms with van der Waals surface area (Å²) in [4.78, 5) is 11.9. The summed E-state index contributed by atoms with van der Waals surface area (Å²) in [6.45, 7) is 0. The number of carbonyl (C=O) groups excluding carboxylic acids is 1. The van der Waals surface area contributed by atoms with E-state index in [-0.39, 0.29) is 11.3 Å². The number of benzene rings is 2. The molecule has 4 heteroatoms. The molecule has 1 amide bonds. The molecule has 18 heavy (non-hydrogen) atoms. The van der Waals surface area contributed by atoms with Gasteiger partial charge in [0.05, 0.1) is 17.2 Å². The Balaban J connectivity index is 2.22. The van der Waals surface area contributed by atoms with Gasteiger partial charge in [0.25, 0.3) is 5.91 Å². The minimum atomic E-state index is -0.414. The molecule has 0 heterocycles. The average Bonchev–Trinajstić information content (AvgIpc) is 2.39. The quantitative estimate of drug-likeness (QED) is 0.844. The number of nitrogens with one attached hydrogen (secondary N) is 1. The number of phenolic OH excluding ortho intramolecular Hbond substituents is 1. The van der Waals surface area contributed by atoms with E-state index in [1.165, 1.54) is 18.2 Å². The van der Waals surface area contributed by atoms with Gasteiger partial charge in [-0.1, -0.05) is 18.2 Å². The van der Waals surface area contributed by atoms with E-state index in [2.05, 4.69) is 5.32 Å². The molecule has 0 aliphatic rings. The lowest BCUT2D eigenvalue weighted by molar-refractivity contribution is 0.102. The second kappa shape index (κ2) is 5.02. The molecule has 0 fully saturated rings. The highest BCUT2D eigenvalue weighted by Crippen LogP contribution is 2.19. The van der Waals surface area contributed by atoms with Gasteiger partial charge >= 0.3 is 0 Å². The second-order valence-electron chi connectivity index (χ2n) is 3.66. The Morgan fingerprint density at radius 1 is 1.17 bits per heavy atom. The van der Waals surface area contributed by atoms with Crippen molar-refractivity contribution in [1.29, 1.82) is 5.26 Å². The first-order chi connectivity index (χ1) is 8.70. The summed E-state index contributed by atoms with van der Waals surface area (Å²) < 4.78 is 0. The van der Waals surface area contributed by atoms with E-state index >= 15 is 0 Å². The van der Waals surface area contributed by atoms with Crippen LogP contribution in [0.1, 0.15) is 15.9 Å². The molecule has 2 rings (SSSR count). The van der Waals surface area contributed by atoms with Crippen LogP contribution >= 0.6 is 0 Å². The minimum absolute atomic E-state index is 0.137. The van der Waals surface area contributed by atoms with E-state index in [0.29, 0.717) is 11.3 Å². The van der Waals surface area contributed by atoms with Crippen molar-refractivity contribution in [2.45, 2.75) is 0 Å². The molecule has 2 aromatic carbocycles. The highest BCUT2D eigenvalue weighted by Gasteiger charge is 2.11. The van der Waals surface area contributed by atoms with E-state index in [1.807, 2.05) is 12.1 Å². The van der Waals surface area contributed by atoms with Crippen molar-refractivity contribution in [3.8, 4) is 11.8 Å². The SMILES string of the molecule is N#Cc1ccc(C(=O)Nc2ccccc2)c(O)c1. The molecule has 0 spiro atoms. The lowest BCUT2D eigenvalue weighted by Crippen LogP contribution is -2.11. The number of phenols is 1. The molecule has 0 aliphatic carbocycles. The standard InChI is InChI=1S/C14H10N2O2/c15-9-10-6-7-12(13(17)8-10)14(18)16-11-4-2-1-3-5-11/h1-8,17H,(H,16,18). The number of rotatable bonds is 2. The predicted octanol–water partition coefficient (Wildman–Crippen LogP) is 2.52. The Morgan fingerprint density at radius 2 is 1.89 bits per heavy atom. The zero-order valence-electron chi connectivity index (χ0n) is 9.42. The van der Waals surface area contributed by atoms with E-state index in [9.17, 15) is 9.90 Å². The van der Waals surface area contributed by atoms with Gasteiger partial charge in [-0.15, -0.1) is 0 Å². The smallest absolute Gasteiger partial charge is 0.259 e. The van der Waals surface area contributed by atoms with Crippen molar-refractivity contribution in [3.05, 3.63) is 59.7 Å². The number of anilines is 1. The Kier molecular flexibility index (Phi) is 3.26. The van der Waals surface area contributed by atoms with Crippen LogP contribution in [0.4, 0.5) is 5.69 Å². The zero-order valence-corrected chi connectivity index (χ0v) is 9.42. The van der Waals surface area contributed by atoms with Crippen molar-refractivity contribution in [2.75, 3.05) is 5.32 Å².